The second-order valence-electron chi connectivity index (χ2n) is 7.51. The molecule has 2 rings (SSSR count). The summed E-state index contributed by atoms with van der Waals surface area (Å²) in [4.78, 5) is 12.4. The first kappa shape index (κ1) is 19.1. The molecule has 2 fully saturated rings. The van der Waals surface area contributed by atoms with E-state index >= 15 is 0 Å². The van der Waals surface area contributed by atoms with E-state index in [0.717, 1.165) is 6.42 Å². The second-order valence-corrected chi connectivity index (χ2v) is 21.6. The molecule has 8 heteroatoms. The molecule has 1 saturated heterocycles. The van der Waals surface area contributed by atoms with Crippen molar-refractivity contribution in [3.63, 3.8) is 0 Å². The molecular weight excluding hydrogens is 510 g/mol. The summed E-state index contributed by atoms with van der Waals surface area (Å²) >= 11 is -2.07. The molecule has 6 N–H and O–H groups in total. The Morgan fingerprint density at radius 1 is 1.36 bits per heavy atom. The molecule has 132 valence electrons. The molecule has 0 aromatic rings. The van der Waals surface area contributed by atoms with Crippen molar-refractivity contribution in [3.8, 4) is 0 Å². The summed E-state index contributed by atoms with van der Waals surface area (Å²) in [5.41, 5.74) is 11.0. The van der Waals surface area contributed by atoms with Gasteiger partial charge in [0, 0.05) is 0 Å². The van der Waals surface area contributed by atoms with Gasteiger partial charge in [-0.05, 0) is 0 Å². The van der Waals surface area contributed by atoms with Crippen LogP contribution in [-0.2, 0) is 4.74 Å². The number of hydrogen-bond donors (Lipinski definition) is 3. The van der Waals surface area contributed by atoms with E-state index in [9.17, 15) is 4.79 Å². The van der Waals surface area contributed by atoms with Gasteiger partial charge >= 0.3 is 148 Å². The van der Waals surface area contributed by atoms with Crippen molar-refractivity contribution in [3.05, 3.63) is 0 Å². The molecule has 2 unspecified atom stereocenters. The molecule has 0 bridgehead atoms. The third-order valence-corrected chi connectivity index (χ3v) is 17.8. The van der Waals surface area contributed by atoms with Gasteiger partial charge < -0.3 is 0 Å². The molecule has 0 amide bonds. The average molecular weight is 539 g/mol. The second kappa shape index (κ2) is 6.25. The van der Waals surface area contributed by atoms with E-state index < -0.39 is 27.4 Å². The Hall–Kier alpha value is 0.770. The topological polar surface area (TPSA) is 107 Å². The van der Waals surface area contributed by atoms with E-state index in [1.54, 1.807) is 1.44 Å². The van der Waals surface area contributed by atoms with E-state index in [0.29, 0.717) is 5.92 Å². The molecule has 1 aliphatic heterocycles. The van der Waals surface area contributed by atoms with Gasteiger partial charge in [-0.2, -0.15) is 0 Å². The molecule has 0 aromatic heterocycles. The average Bonchev–Trinajstić information content (AvgIpc) is 3.27. The van der Waals surface area contributed by atoms with Crippen LogP contribution in [-0.4, -0.2) is 16.7 Å². The quantitative estimate of drug-likeness (QED) is 0.101. The van der Waals surface area contributed by atoms with Gasteiger partial charge in [-0.3, -0.25) is 0 Å². The van der Waals surface area contributed by atoms with Crippen LogP contribution in [0.1, 0.15) is 53.9 Å². The fourth-order valence-corrected chi connectivity index (χ4v) is 11.6. The molecule has 22 heavy (non-hydrogen) atoms. The van der Waals surface area contributed by atoms with Crippen molar-refractivity contribution in [1.29, 1.82) is 0 Å². The van der Waals surface area contributed by atoms with Gasteiger partial charge in [0.1, 0.15) is 0 Å². The molecule has 0 radical (unpaired) electrons. The molecule has 1 saturated carbocycles. The van der Waals surface area contributed by atoms with Crippen LogP contribution >= 0.6 is 16.1 Å². The number of rotatable bonds is 7. The van der Waals surface area contributed by atoms with Crippen LogP contribution in [0.25, 0.3) is 0 Å². The fraction of sp³-hybridized carbons (Fsp3) is 0.929. The standard InChI is InChI=1S/C14H29I2N4O2/c1-9(2)12(3,4)14(17,18)13(5,8-10-6-7-10)22-11(21)16-15-20(16)19/h9-10H,6-8,17-19H2,1-5H3/q-1. The first-order valence-corrected chi connectivity index (χ1v) is 16.9. The number of halogens is 2. The predicted octanol–water partition coefficient (Wildman–Crippen LogP) is -0.493. The monoisotopic (exact) mass is 539 g/mol. The molecule has 0 spiro atoms. The van der Waals surface area contributed by atoms with Crippen LogP contribution in [0.15, 0.2) is 0 Å². The number of hydrogen-bond acceptors (Lipinski definition) is 6. The van der Waals surface area contributed by atoms with Gasteiger partial charge in [-0.25, -0.2) is 0 Å². The van der Waals surface area contributed by atoms with Gasteiger partial charge in [-0.15, -0.1) is 0 Å². The van der Waals surface area contributed by atoms with Crippen LogP contribution in [0, 0.1) is 17.3 Å². The van der Waals surface area contributed by atoms with E-state index in [1.165, 1.54) is 12.8 Å². The summed E-state index contributed by atoms with van der Waals surface area (Å²) in [6.07, 6.45) is 3.09. The number of hydrazine groups is 1. The molecular formula is C14H29I2N4O2-. The Balaban J connectivity index is 2.24. The van der Waals surface area contributed by atoms with Crippen molar-refractivity contribution in [1.82, 2.24) is 1.44 Å². The maximum atomic E-state index is 12.4. The number of carbonyl (C=O) groups is 1. The summed E-state index contributed by atoms with van der Waals surface area (Å²) in [6, 6.07) is 0. The van der Waals surface area contributed by atoms with Crippen LogP contribution in [0.2, 0.25) is 0 Å². The molecule has 6 nitrogen and oxygen atoms in total. The third-order valence-electron chi connectivity index (χ3n) is 5.44. The Morgan fingerprint density at radius 3 is 2.23 bits per heavy atom. The SMILES string of the molecule is CC(C)C(C)(C)C(N)(N)C(C)(CC1CC1)OC(=O)I1[I-]N1N. The molecule has 1 heterocycles. The van der Waals surface area contributed by atoms with Crippen LogP contribution in [0.5, 0.6) is 0 Å². The zero-order valence-electron chi connectivity index (χ0n) is 14.0. The first-order valence-electron chi connectivity index (χ1n) is 7.64. The number of nitrogens with zero attached hydrogens (tertiary/aromatic N) is 1. The van der Waals surface area contributed by atoms with Gasteiger partial charge in [0.15, 0.2) is 0 Å². The Labute approximate surface area is 147 Å². The third kappa shape index (κ3) is 3.56. The van der Waals surface area contributed by atoms with Gasteiger partial charge in [0.2, 0.25) is 0 Å². The van der Waals surface area contributed by atoms with E-state index in [1.807, 2.05) is 6.92 Å². The van der Waals surface area contributed by atoms with E-state index in [4.69, 9.17) is 22.0 Å². The summed E-state index contributed by atoms with van der Waals surface area (Å²) in [7, 11) is 0. The van der Waals surface area contributed by atoms with Crippen LogP contribution in [0.3, 0.4) is 0 Å². The Bertz CT molecular complexity index is 454. The zero-order chi connectivity index (χ0) is 16.9. The van der Waals surface area contributed by atoms with Crippen molar-refractivity contribution in [2.45, 2.75) is 65.1 Å². The summed E-state index contributed by atoms with van der Waals surface area (Å²) < 4.78 is 7.59. The van der Waals surface area contributed by atoms with Crippen LogP contribution < -0.4 is 34.8 Å². The van der Waals surface area contributed by atoms with E-state index in [-0.39, 0.29) is 32.8 Å². The van der Waals surface area contributed by atoms with Crippen molar-refractivity contribution >= 4 is 20.1 Å². The molecule has 2 aliphatic rings. The normalized spacial score (nSPS) is 27.1. The Kier molecular flexibility index (Phi) is 5.42. The summed E-state index contributed by atoms with van der Waals surface area (Å²) in [5.74, 6) is 6.58. The van der Waals surface area contributed by atoms with Crippen LogP contribution in [0.4, 0.5) is 4.79 Å². The van der Waals surface area contributed by atoms with Gasteiger partial charge in [-0.1, -0.05) is 0 Å². The predicted molar refractivity (Wildman–Crippen MR) is 92.0 cm³/mol. The molecule has 0 aromatic carbocycles. The fourth-order valence-electron chi connectivity index (χ4n) is 2.67. The minimum absolute atomic E-state index is 0.109. The number of ether oxygens (including phenoxy) is 1. The number of nitrogens with two attached hydrogens (primary N) is 3. The Morgan fingerprint density at radius 2 is 1.86 bits per heavy atom. The van der Waals surface area contributed by atoms with Gasteiger partial charge in [0.25, 0.3) is 0 Å². The zero-order valence-corrected chi connectivity index (χ0v) is 18.3. The summed E-state index contributed by atoms with van der Waals surface area (Å²) in [5, 5.41) is 0. The van der Waals surface area contributed by atoms with Crippen molar-refractivity contribution in [2.24, 2.45) is 34.6 Å². The van der Waals surface area contributed by atoms with Gasteiger partial charge in [0.05, 0.1) is 0 Å². The maximum absolute atomic E-state index is 12.4. The minimum atomic E-state index is -1.81. The molecule has 1 aliphatic carbocycles. The first-order chi connectivity index (χ1) is 9.92. The van der Waals surface area contributed by atoms with Crippen molar-refractivity contribution < 1.29 is 27.0 Å². The van der Waals surface area contributed by atoms with E-state index in [2.05, 4.69) is 27.7 Å². The van der Waals surface area contributed by atoms with Crippen molar-refractivity contribution in [2.75, 3.05) is 0 Å². The number of carbonyl (C=O) groups excluding carboxylic acids is 1. The summed E-state index contributed by atoms with van der Waals surface area (Å²) in [6.45, 7) is 10.3. The molecule has 2 atom stereocenters.